The summed E-state index contributed by atoms with van der Waals surface area (Å²) in [7, 11) is 0. The summed E-state index contributed by atoms with van der Waals surface area (Å²) in [4.78, 5) is 25.0. The van der Waals surface area contributed by atoms with Gasteiger partial charge in [-0.2, -0.15) is 5.10 Å². The quantitative estimate of drug-likeness (QED) is 0.731. The van der Waals surface area contributed by atoms with E-state index in [2.05, 4.69) is 10.4 Å². The minimum Gasteiger partial charge on any atom is -0.366 e. The minimum atomic E-state index is -0.578. The highest BCUT2D eigenvalue weighted by Gasteiger charge is 2.19. The molecule has 0 bridgehead atoms. The van der Waals surface area contributed by atoms with Crippen LogP contribution in [0.2, 0.25) is 5.02 Å². The normalized spacial score (nSPS) is 10.7. The predicted molar refractivity (Wildman–Crippen MR) is 98.8 cm³/mol. The molecule has 0 atom stereocenters. The van der Waals surface area contributed by atoms with E-state index in [1.165, 1.54) is 17.5 Å². The monoisotopic (exact) mass is 374 g/mol. The van der Waals surface area contributed by atoms with E-state index in [1.54, 1.807) is 29.8 Å². The molecule has 0 radical (unpaired) electrons. The van der Waals surface area contributed by atoms with Crippen molar-refractivity contribution in [1.29, 1.82) is 0 Å². The van der Waals surface area contributed by atoms with Crippen molar-refractivity contribution in [1.82, 2.24) is 9.78 Å². The van der Waals surface area contributed by atoms with Crippen LogP contribution in [0.15, 0.2) is 36.5 Å². The molecule has 0 fully saturated rings. The Morgan fingerprint density at radius 2 is 2.00 bits per heavy atom. The maximum absolute atomic E-state index is 12.6. The summed E-state index contributed by atoms with van der Waals surface area (Å²) in [5.74, 6) is -0.930. The van der Waals surface area contributed by atoms with Crippen LogP contribution in [0.25, 0.3) is 5.69 Å². The van der Waals surface area contributed by atoms with Crippen LogP contribution in [-0.4, -0.2) is 21.6 Å². The lowest BCUT2D eigenvalue weighted by Gasteiger charge is -2.07. The van der Waals surface area contributed by atoms with Gasteiger partial charge in [-0.15, -0.1) is 11.3 Å². The molecule has 0 saturated carbocycles. The molecule has 6 nitrogen and oxygen atoms in total. The molecule has 8 heteroatoms. The standard InChI is InChI=1S/C17H15ClN4O2S/c1-9-6-13(15(19)23)17(25-9)21-16(24)14-8-20-22(10(14)2)12-5-3-4-11(18)7-12/h3-8H,1-2H3,(H2,19,23)(H,21,24). The highest BCUT2D eigenvalue weighted by molar-refractivity contribution is 7.16. The number of nitrogens with one attached hydrogen (secondary N) is 1. The van der Waals surface area contributed by atoms with Crippen LogP contribution in [0.4, 0.5) is 5.00 Å². The molecule has 2 heterocycles. The molecule has 3 aromatic rings. The van der Waals surface area contributed by atoms with Crippen LogP contribution in [0.5, 0.6) is 0 Å². The van der Waals surface area contributed by atoms with Crippen LogP contribution in [-0.2, 0) is 0 Å². The van der Waals surface area contributed by atoms with Crippen molar-refractivity contribution < 1.29 is 9.59 Å². The van der Waals surface area contributed by atoms with E-state index in [-0.39, 0.29) is 5.91 Å². The third-order valence-electron chi connectivity index (χ3n) is 3.65. The fraction of sp³-hybridized carbons (Fsp3) is 0.118. The fourth-order valence-electron chi connectivity index (χ4n) is 2.46. The number of hydrogen-bond acceptors (Lipinski definition) is 4. The minimum absolute atomic E-state index is 0.302. The van der Waals surface area contributed by atoms with Crippen LogP contribution < -0.4 is 11.1 Å². The van der Waals surface area contributed by atoms with E-state index < -0.39 is 5.91 Å². The summed E-state index contributed by atoms with van der Waals surface area (Å²) in [6, 6.07) is 8.84. The number of amides is 2. The first-order valence-electron chi connectivity index (χ1n) is 7.39. The molecule has 0 aliphatic rings. The molecule has 0 saturated heterocycles. The van der Waals surface area contributed by atoms with Gasteiger partial charge in [0.05, 0.1) is 28.7 Å². The maximum atomic E-state index is 12.6. The highest BCUT2D eigenvalue weighted by Crippen LogP contribution is 2.28. The summed E-state index contributed by atoms with van der Waals surface area (Å²) in [5, 5.41) is 8.02. The smallest absolute Gasteiger partial charge is 0.259 e. The van der Waals surface area contributed by atoms with Gasteiger partial charge in [-0.3, -0.25) is 9.59 Å². The molecule has 128 valence electrons. The van der Waals surface area contributed by atoms with Gasteiger partial charge >= 0.3 is 0 Å². The molecule has 1 aromatic carbocycles. The maximum Gasteiger partial charge on any atom is 0.259 e. The van der Waals surface area contributed by atoms with E-state index in [4.69, 9.17) is 17.3 Å². The summed E-state index contributed by atoms with van der Waals surface area (Å²) in [6.45, 7) is 3.63. The zero-order valence-electron chi connectivity index (χ0n) is 13.5. The number of hydrogen-bond donors (Lipinski definition) is 2. The zero-order chi connectivity index (χ0) is 18.1. The number of benzene rings is 1. The van der Waals surface area contributed by atoms with Crippen LogP contribution in [0.3, 0.4) is 0 Å². The van der Waals surface area contributed by atoms with E-state index in [1.807, 2.05) is 19.1 Å². The Labute approximate surface area is 153 Å². The lowest BCUT2D eigenvalue weighted by molar-refractivity contribution is 0.100. The van der Waals surface area contributed by atoms with Gasteiger partial charge in [0.2, 0.25) is 0 Å². The zero-order valence-corrected chi connectivity index (χ0v) is 15.1. The largest absolute Gasteiger partial charge is 0.366 e. The topological polar surface area (TPSA) is 90.0 Å². The number of nitrogens with zero attached hydrogens (tertiary/aromatic N) is 2. The summed E-state index contributed by atoms with van der Waals surface area (Å²) >= 11 is 7.31. The molecule has 0 aliphatic heterocycles. The van der Waals surface area contributed by atoms with Crippen molar-refractivity contribution in [2.24, 2.45) is 5.73 Å². The van der Waals surface area contributed by atoms with Gasteiger partial charge in [-0.25, -0.2) is 4.68 Å². The fourth-order valence-corrected chi connectivity index (χ4v) is 3.56. The van der Waals surface area contributed by atoms with Crippen LogP contribution >= 0.6 is 22.9 Å². The van der Waals surface area contributed by atoms with Gasteiger partial charge in [0, 0.05) is 9.90 Å². The Balaban J connectivity index is 1.91. The van der Waals surface area contributed by atoms with Gasteiger partial charge in [0.15, 0.2) is 0 Å². The molecule has 2 amide bonds. The van der Waals surface area contributed by atoms with Gasteiger partial charge < -0.3 is 11.1 Å². The molecule has 3 N–H and O–H groups in total. The summed E-state index contributed by atoms with van der Waals surface area (Å²) < 4.78 is 1.63. The highest BCUT2D eigenvalue weighted by atomic mass is 35.5. The molecule has 0 unspecified atom stereocenters. The number of rotatable bonds is 4. The third-order valence-corrected chi connectivity index (χ3v) is 4.86. The van der Waals surface area contributed by atoms with E-state index in [0.29, 0.717) is 26.8 Å². The lowest BCUT2D eigenvalue weighted by atomic mass is 10.2. The van der Waals surface area contributed by atoms with E-state index in [9.17, 15) is 9.59 Å². The number of nitrogens with two attached hydrogens (primary N) is 1. The third kappa shape index (κ3) is 3.42. The van der Waals surface area contributed by atoms with Crippen molar-refractivity contribution in [2.75, 3.05) is 5.32 Å². The molecule has 2 aromatic heterocycles. The van der Waals surface area contributed by atoms with Gasteiger partial charge in [0.25, 0.3) is 11.8 Å². The van der Waals surface area contributed by atoms with Gasteiger partial charge in [0.1, 0.15) is 5.00 Å². The Hall–Kier alpha value is -2.64. The first kappa shape index (κ1) is 17.2. The second kappa shape index (κ2) is 6.70. The number of carbonyl (C=O) groups is 2. The number of carbonyl (C=O) groups excluding carboxylic acids is 2. The van der Waals surface area contributed by atoms with Crippen molar-refractivity contribution in [3.63, 3.8) is 0 Å². The Bertz CT molecular complexity index is 977. The van der Waals surface area contributed by atoms with Crippen molar-refractivity contribution >= 4 is 39.8 Å². The second-order valence-electron chi connectivity index (χ2n) is 5.45. The van der Waals surface area contributed by atoms with E-state index >= 15 is 0 Å². The average Bonchev–Trinajstić information content (AvgIpc) is 3.10. The molecule has 0 aliphatic carbocycles. The molecular weight excluding hydrogens is 360 g/mol. The average molecular weight is 375 g/mol. The summed E-state index contributed by atoms with van der Waals surface area (Å²) in [5.41, 5.74) is 7.48. The van der Waals surface area contributed by atoms with Crippen LogP contribution in [0, 0.1) is 13.8 Å². The first-order valence-corrected chi connectivity index (χ1v) is 8.58. The second-order valence-corrected chi connectivity index (χ2v) is 7.15. The number of aryl methyl sites for hydroxylation is 1. The first-order chi connectivity index (χ1) is 11.9. The Morgan fingerprint density at radius 1 is 1.24 bits per heavy atom. The van der Waals surface area contributed by atoms with Crippen molar-refractivity contribution in [3.8, 4) is 5.69 Å². The van der Waals surface area contributed by atoms with Gasteiger partial charge in [-0.1, -0.05) is 17.7 Å². The van der Waals surface area contributed by atoms with E-state index in [0.717, 1.165) is 10.6 Å². The predicted octanol–water partition coefficient (Wildman–Crippen LogP) is 3.56. The number of anilines is 1. The number of halogens is 1. The Morgan fingerprint density at radius 3 is 2.68 bits per heavy atom. The molecule has 0 spiro atoms. The SMILES string of the molecule is Cc1cc(C(N)=O)c(NC(=O)c2cnn(-c3cccc(Cl)c3)c2C)s1. The van der Waals surface area contributed by atoms with Crippen molar-refractivity contribution in [2.45, 2.75) is 13.8 Å². The molecular formula is C17H15ClN4O2S. The van der Waals surface area contributed by atoms with Crippen LogP contribution in [0.1, 0.15) is 31.3 Å². The van der Waals surface area contributed by atoms with Crippen molar-refractivity contribution in [3.05, 3.63) is 63.2 Å². The lowest BCUT2D eigenvalue weighted by Crippen LogP contribution is -2.17. The van der Waals surface area contributed by atoms with Gasteiger partial charge in [-0.05, 0) is 38.1 Å². The molecule has 3 rings (SSSR count). The summed E-state index contributed by atoms with van der Waals surface area (Å²) in [6.07, 6.45) is 1.48. The molecule has 25 heavy (non-hydrogen) atoms. The number of thiophene rings is 1. The Kier molecular flexibility index (Phi) is 4.61. The number of aromatic nitrogens is 2. The number of primary amides is 1.